The van der Waals surface area contributed by atoms with Crippen LogP contribution in [0.15, 0.2) is 42.6 Å². The Balaban J connectivity index is 0.00000261. The van der Waals surface area contributed by atoms with Crippen molar-refractivity contribution in [2.24, 2.45) is 0 Å². The van der Waals surface area contributed by atoms with Gasteiger partial charge in [-0.15, -0.1) is 37.2 Å². The Morgan fingerprint density at radius 1 is 1.10 bits per heavy atom. The number of piperazine rings is 1. The van der Waals surface area contributed by atoms with E-state index in [1.165, 1.54) is 0 Å². The van der Waals surface area contributed by atoms with E-state index in [-0.39, 0.29) is 43.1 Å². The highest BCUT2D eigenvalue weighted by Gasteiger charge is 2.15. The Hall–Kier alpha value is -1.73. The van der Waals surface area contributed by atoms with Gasteiger partial charge in [-0.1, -0.05) is 18.2 Å². The molecule has 2 heterocycles. The molecular formula is C20H30Cl3N5O. The molecule has 29 heavy (non-hydrogen) atoms. The number of aromatic nitrogens is 1. The maximum Gasteiger partial charge on any atom is 0.220 e. The fourth-order valence-electron chi connectivity index (χ4n) is 3.08. The molecule has 0 bridgehead atoms. The lowest BCUT2D eigenvalue weighted by Gasteiger charge is -2.33. The van der Waals surface area contributed by atoms with Crippen LogP contribution in [-0.2, 0) is 17.8 Å². The molecule has 1 aliphatic heterocycles. The molecule has 1 saturated heterocycles. The number of nitrogens with one attached hydrogen (secondary N) is 1. The van der Waals surface area contributed by atoms with Gasteiger partial charge < -0.3 is 20.9 Å². The molecule has 9 heteroatoms. The molecule has 0 atom stereocenters. The van der Waals surface area contributed by atoms with Crippen LogP contribution < -0.4 is 16.0 Å². The number of anilines is 2. The molecular weight excluding hydrogens is 433 g/mol. The lowest BCUT2D eigenvalue weighted by atomic mass is 10.1. The number of hydrogen-bond donors (Lipinski definition) is 2. The summed E-state index contributed by atoms with van der Waals surface area (Å²) in [6.07, 6.45) is 2.91. The number of nitrogen functional groups attached to an aromatic ring is 1. The fourth-order valence-corrected chi connectivity index (χ4v) is 3.08. The molecule has 2 aromatic rings. The normalized spacial score (nSPS) is 13.5. The Kier molecular flexibility index (Phi) is 12.7. The lowest BCUT2D eigenvalue weighted by molar-refractivity contribution is -0.121. The van der Waals surface area contributed by atoms with Gasteiger partial charge in [-0.3, -0.25) is 4.79 Å². The van der Waals surface area contributed by atoms with Crippen molar-refractivity contribution >= 4 is 54.6 Å². The largest absolute Gasteiger partial charge is 0.399 e. The molecule has 0 aliphatic carbocycles. The number of carbonyl (C=O) groups excluding carboxylic acids is 1. The van der Waals surface area contributed by atoms with Gasteiger partial charge in [0.15, 0.2) is 0 Å². The summed E-state index contributed by atoms with van der Waals surface area (Å²) >= 11 is 0. The van der Waals surface area contributed by atoms with E-state index in [4.69, 9.17) is 5.73 Å². The van der Waals surface area contributed by atoms with Crippen LogP contribution in [0, 0.1) is 0 Å². The van der Waals surface area contributed by atoms with Crippen LogP contribution in [0.25, 0.3) is 0 Å². The number of aryl methyl sites for hydroxylation is 1. The van der Waals surface area contributed by atoms with Crippen molar-refractivity contribution in [3.05, 3.63) is 53.7 Å². The number of carbonyl (C=O) groups is 1. The molecule has 0 saturated carbocycles. The zero-order valence-corrected chi connectivity index (χ0v) is 19.0. The van der Waals surface area contributed by atoms with E-state index in [1.807, 2.05) is 36.5 Å². The maximum absolute atomic E-state index is 12.1. The second-order valence-electron chi connectivity index (χ2n) is 6.79. The summed E-state index contributed by atoms with van der Waals surface area (Å²) < 4.78 is 0. The minimum atomic E-state index is 0. The number of para-hydroxylation sites is 1. The van der Waals surface area contributed by atoms with Crippen molar-refractivity contribution in [3.8, 4) is 0 Å². The van der Waals surface area contributed by atoms with E-state index in [2.05, 4.69) is 33.2 Å². The van der Waals surface area contributed by atoms with Crippen molar-refractivity contribution in [2.45, 2.75) is 19.4 Å². The standard InChI is InChI=1S/C20H27N5O.3ClH/c1-24-10-12-25(13-11-24)19-14-16(8-9-22-19)15-23-20(26)7-6-17-4-2-3-5-18(17)21;;;/h2-5,8-9,14H,6-7,10-13,15,21H2,1H3,(H,23,26);3*1H. The van der Waals surface area contributed by atoms with E-state index in [9.17, 15) is 4.79 Å². The molecule has 162 valence electrons. The summed E-state index contributed by atoms with van der Waals surface area (Å²) in [5.74, 6) is 1.02. The zero-order valence-electron chi connectivity index (χ0n) is 16.5. The van der Waals surface area contributed by atoms with E-state index >= 15 is 0 Å². The first-order chi connectivity index (χ1) is 12.6. The van der Waals surface area contributed by atoms with Gasteiger partial charge in [-0.25, -0.2) is 4.98 Å². The molecule has 1 amide bonds. The average Bonchev–Trinajstić information content (AvgIpc) is 2.66. The van der Waals surface area contributed by atoms with Gasteiger partial charge in [0.25, 0.3) is 0 Å². The van der Waals surface area contributed by atoms with Crippen LogP contribution in [0.2, 0.25) is 0 Å². The predicted octanol–water partition coefficient (Wildman–Crippen LogP) is 2.93. The molecule has 0 spiro atoms. The third-order valence-electron chi connectivity index (χ3n) is 4.80. The minimum Gasteiger partial charge on any atom is -0.399 e. The predicted molar refractivity (Wildman–Crippen MR) is 127 cm³/mol. The smallest absolute Gasteiger partial charge is 0.220 e. The average molecular weight is 463 g/mol. The Morgan fingerprint density at radius 3 is 2.48 bits per heavy atom. The Bertz CT molecular complexity index is 754. The number of halogens is 3. The molecule has 1 fully saturated rings. The van der Waals surface area contributed by atoms with Crippen LogP contribution in [0.5, 0.6) is 0 Å². The van der Waals surface area contributed by atoms with E-state index in [0.717, 1.165) is 48.8 Å². The number of nitrogens with two attached hydrogens (primary N) is 1. The van der Waals surface area contributed by atoms with Crippen molar-refractivity contribution in [1.29, 1.82) is 0 Å². The molecule has 1 aromatic carbocycles. The quantitative estimate of drug-likeness (QED) is 0.646. The Morgan fingerprint density at radius 2 is 1.79 bits per heavy atom. The van der Waals surface area contributed by atoms with Crippen molar-refractivity contribution in [1.82, 2.24) is 15.2 Å². The van der Waals surface area contributed by atoms with Crippen molar-refractivity contribution in [2.75, 3.05) is 43.9 Å². The summed E-state index contributed by atoms with van der Waals surface area (Å²) in [4.78, 5) is 21.2. The van der Waals surface area contributed by atoms with Crippen molar-refractivity contribution in [3.63, 3.8) is 0 Å². The number of nitrogens with zero attached hydrogens (tertiary/aromatic N) is 3. The second kappa shape index (κ2) is 13.5. The monoisotopic (exact) mass is 461 g/mol. The number of likely N-dealkylation sites (N-methyl/N-ethyl adjacent to an activating group) is 1. The van der Waals surface area contributed by atoms with Crippen LogP contribution >= 0.6 is 37.2 Å². The summed E-state index contributed by atoms with van der Waals surface area (Å²) in [6, 6.07) is 11.7. The van der Waals surface area contributed by atoms with Gasteiger partial charge in [0.05, 0.1) is 0 Å². The highest BCUT2D eigenvalue weighted by Crippen LogP contribution is 2.15. The number of rotatable bonds is 6. The van der Waals surface area contributed by atoms with E-state index in [1.54, 1.807) is 0 Å². The summed E-state index contributed by atoms with van der Waals surface area (Å²) in [5.41, 5.74) is 8.75. The number of benzene rings is 1. The molecule has 3 N–H and O–H groups in total. The number of pyridine rings is 1. The third-order valence-corrected chi connectivity index (χ3v) is 4.80. The first-order valence-electron chi connectivity index (χ1n) is 9.10. The molecule has 0 radical (unpaired) electrons. The minimum absolute atomic E-state index is 0. The summed E-state index contributed by atoms with van der Waals surface area (Å²) in [7, 11) is 2.14. The molecule has 1 aliphatic rings. The molecule has 6 nitrogen and oxygen atoms in total. The lowest BCUT2D eigenvalue weighted by Crippen LogP contribution is -2.44. The Labute approximate surface area is 191 Å². The van der Waals surface area contributed by atoms with Gasteiger partial charge in [-0.05, 0) is 42.8 Å². The zero-order chi connectivity index (χ0) is 18.4. The molecule has 0 unspecified atom stereocenters. The van der Waals surface area contributed by atoms with Gasteiger partial charge in [0, 0.05) is 51.0 Å². The highest BCUT2D eigenvalue weighted by atomic mass is 35.5. The summed E-state index contributed by atoms with van der Waals surface area (Å²) in [6.45, 7) is 4.58. The number of amides is 1. The second-order valence-corrected chi connectivity index (χ2v) is 6.79. The van der Waals surface area contributed by atoms with Gasteiger partial charge in [-0.2, -0.15) is 0 Å². The van der Waals surface area contributed by atoms with Crippen molar-refractivity contribution < 1.29 is 4.79 Å². The fraction of sp³-hybridized carbons (Fsp3) is 0.400. The van der Waals surface area contributed by atoms with Crippen LogP contribution in [-0.4, -0.2) is 49.0 Å². The number of hydrogen-bond acceptors (Lipinski definition) is 5. The topological polar surface area (TPSA) is 74.5 Å². The maximum atomic E-state index is 12.1. The van der Waals surface area contributed by atoms with E-state index in [0.29, 0.717) is 19.4 Å². The summed E-state index contributed by atoms with van der Waals surface area (Å²) in [5, 5.41) is 2.99. The first-order valence-corrected chi connectivity index (χ1v) is 9.10. The van der Waals surface area contributed by atoms with E-state index < -0.39 is 0 Å². The van der Waals surface area contributed by atoms with Crippen LogP contribution in [0.1, 0.15) is 17.5 Å². The van der Waals surface area contributed by atoms with Gasteiger partial charge >= 0.3 is 0 Å². The van der Waals surface area contributed by atoms with Crippen LogP contribution in [0.3, 0.4) is 0 Å². The molecule has 1 aromatic heterocycles. The van der Waals surface area contributed by atoms with Gasteiger partial charge in [0.2, 0.25) is 5.91 Å². The highest BCUT2D eigenvalue weighted by molar-refractivity contribution is 5.86. The van der Waals surface area contributed by atoms with Gasteiger partial charge in [0.1, 0.15) is 5.82 Å². The van der Waals surface area contributed by atoms with Crippen LogP contribution in [0.4, 0.5) is 11.5 Å². The SMILES string of the molecule is CN1CCN(c2cc(CNC(=O)CCc3ccccc3N)ccn2)CC1.Cl.Cl.Cl. The molecule has 3 rings (SSSR count). The first kappa shape index (κ1) is 27.3. The third kappa shape index (κ3) is 8.26.